The summed E-state index contributed by atoms with van der Waals surface area (Å²) in [7, 11) is 1.86. The summed E-state index contributed by atoms with van der Waals surface area (Å²) in [6, 6.07) is 3.91. The van der Waals surface area contributed by atoms with Gasteiger partial charge in [0.2, 0.25) is 5.91 Å². The number of pyridine rings is 1. The van der Waals surface area contributed by atoms with E-state index in [1.807, 2.05) is 24.1 Å². The fourth-order valence-electron chi connectivity index (χ4n) is 2.47. The van der Waals surface area contributed by atoms with Crippen molar-refractivity contribution < 1.29 is 4.79 Å². The van der Waals surface area contributed by atoms with E-state index in [-0.39, 0.29) is 11.9 Å². The number of nitrogens with one attached hydrogen (secondary N) is 1. The molecule has 4 heteroatoms. The molecule has 1 aliphatic heterocycles. The van der Waals surface area contributed by atoms with Crippen LogP contribution in [0.4, 0.5) is 0 Å². The smallest absolute Gasteiger partial charge is 0.240 e. The van der Waals surface area contributed by atoms with Crippen LogP contribution in [0.25, 0.3) is 0 Å². The van der Waals surface area contributed by atoms with Crippen molar-refractivity contribution in [2.75, 3.05) is 13.6 Å². The molecule has 1 aliphatic rings. The van der Waals surface area contributed by atoms with Crippen molar-refractivity contribution in [2.45, 2.75) is 32.4 Å². The summed E-state index contributed by atoms with van der Waals surface area (Å²) < 4.78 is 0. The predicted molar refractivity (Wildman–Crippen MR) is 70.9 cm³/mol. The molecule has 1 aromatic heterocycles. The van der Waals surface area contributed by atoms with E-state index in [2.05, 4.69) is 17.2 Å². The van der Waals surface area contributed by atoms with Crippen LogP contribution in [-0.4, -0.2) is 35.4 Å². The van der Waals surface area contributed by atoms with E-state index in [0.29, 0.717) is 12.5 Å². The van der Waals surface area contributed by atoms with Gasteiger partial charge in [0.25, 0.3) is 0 Å². The number of carbonyl (C=O) groups excluding carboxylic acids is 1. The maximum atomic E-state index is 12.4. The van der Waals surface area contributed by atoms with E-state index >= 15 is 0 Å². The van der Waals surface area contributed by atoms with E-state index in [4.69, 9.17) is 0 Å². The van der Waals surface area contributed by atoms with Crippen LogP contribution in [0, 0.1) is 5.92 Å². The first-order chi connectivity index (χ1) is 8.70. The van der Waals surface area contributed by atoms with Crippen molar-refractivity contribution in [2.24, 2.45) is 5.92 Å². The minimum atomic E-state index is -0.0308. The fourth-order valence-corrected chi connectivity index (χ4v) is 2.47. The van der Waals surface area contributed by atoms with Crippen LogP contribution < -0.4 is 5.32 Å². The minimum Gasteiger partial charge on any atom is -0.337 e. The maximum absolute atomic E-state index is 12.4. The van der Waals surface area contributed by atoms with Crippen molar-refractivity contribution in [3.63, 3.8) is 0 Å². The molecule has 1 fully saturated rings. The minimum absolute atomic E-state index is 0.0308. The Morgan fingerprint density at radius 3 is 2.78 bits per heavy atom. The molecule has 1 saturated heterocycles. The third-order valence-electron chi connectivity index (χ3n) is 3.56. The van der Waals surface area contributed by atoms with Gasteiger partial charge in [-0.1, -0.05) is 6.92 Å². The highest BCUT2D eigenvalue weighted by Gasteiger charge is 2.28. The Balaban J connectivity index is 2.11. The van der Waals surface area contributed by atoms with Gasteiger partial charge in [-0.2, -0.15) is 0 Å². The number of likely N-dealkylation sites (tertiary alicyclic amines) is 1. The molecule has 1 N–H and O–H groups in total. The average molecular weight is 247 g/mol. The summed E-state index contributed by atoms with van der Waals surface area (Å²) in [5, 5.41) is 3.13. The Morgan fingerprint density at radius 1 is 1.39 bits per heavy atom. The Hall–Kier alpha value is -1.42. The normalized spacial score (nSPS) is 25.0. The van der Waals surface area contributed by atoms with Gasteiger partial charge in [0.05, 0.1) is 6.04 Å². The summed E-state index contributed by atoms with van der Waals surface area (Å²) in [5.74, 6) is 0.785. The number of hydrogen-bond acceptors (Lipinski definition) is 3. The topological polar surface area (TPSA) is 45.2 Å². The van der Waals surface area contributed by atoms with Crippen molar-refractivity contribution in [1.29, 1.82) is 0 Å². The molecule has 2 atom stereocenters. The largest absolute Gasteiger partial charge is 0.337 e. The molecule has 18 heavy (non-hydrogen) atoms. The van der Waals surface area contributed by atoms with Crippen molar-refractivity contribution in [3.8, 4) is 0 Å². The number of amides is 1. The molecule has 2 heterocycles. The van der Waals surface area contributed by atoms with Gasteiger partial charge in [0.15, 0.2) is 0 Å². The third kappa shape index (κ3) is 3.07. The zero-order valence-corrected chi connectivity index (χ0v) is 11.1. The van der Waals surface area contributed by atoms with E-state index in [1.165, 1.54) is 0 Å². The highest BCUT2D eigenvalue weighted by atomic mass is 16.2. The van der Waals surface area contributed by atoms with Gasteiger partial charge >= 0.3 is 0 Å². The van der Waals surface area contributed by atoms with Crippen LogP contribution in [0.5, 0.6) is 0 Å². The molecule has 0 radical (unpaired) electrons. The van der Waals surface area contributed by atoms with Crippen LogP contribution in [0.15, 0.2) is 24.5 Å². The lowest BCUT2D eigenvalue weighted by Gasteiger charge is -2.25. The van der Waals surface area contributed by atoms with Crippen molar-refractivity contribution in [1.82, 2.24) is 15.2 Å². The predicted octanol–water partition coefficient (Wildman–Crippen LogP) is 1.43. The zero-order chi connectivity index (χ0) is 13.0. The van der Waals surface area contributed by atoms with Crippen LogP contribution >= 0.6 is 0 Å². The Kier molecular flexibility index (Phi) is 4.31. The number of aromatic nitrogens is 1. The molecule has 0 aliphatic carbocycles. The first kappa shape index (κ1) is 13.0. The van der Waals surface area contributed by atoms with Gasteiger partial charge < -0.3 is 10.2 Å². The fraction of sp³-hybridized carbons (Fsp3) is 0.571. The van der Waals surface area contributed by atoms with E-state index in [0.717, 1.165) is 24.9 Å². The first-order valence-electron chi connectivity index (χ1n) is 6.55. The van der Waals surface area contributed by atoms with Gasteiger partial charge in [0, 0.05) is 25.5 Å². The van der Waals surface area contributed by atoms with Gasteiger partial charge in [0.1, 0.15) is 0 Å². The number of rotatable bonds is 3. The van der Waals surface area contributed by atoms with Gasteiger partial charge in [-0.15, -0.1) is 0 Å². The molecule has 0 aromatic carbocycles. The van der Waals surface area contributed by atoms with Crippen LogP contribution in [-0.2, 0) is 11.3 Å². The molecule has 2 rings (SSSR count). The molecule has 0 bridgehead atoms. The Morgan fingerprint density at radius 2 is 2.11 bits per heavy atom. The second-order valence-electron chi connectivity index (χ2n) is 5.10. The summed E-state index contributed by atoms with van der Waals surface area (Å²) in [4.78, 5) is 18.3. The Bertz CT molecular complexity index is 393. The van der Waals surface area contributed by atoms with Gasteiger partial charge in [-0.25, -0.2) is 0 Å². The summed E-state index contributed by atoms with van der Waals surface area (Å²) in [6.45, 7) is 3.74. The van der Waals surface area contributed by atoms with E-state index < -0.39 is 0 Å². The molecule has 1 aromatic rings. The lowest BCUT2D eigenvalue weighted by molar-refractivity contribution is -0.133. The highest BCUT2D eigenvalue weighted by Crippen LogP contribution is 2.19. The second-order valence-corrected chi connectivity index (χ2v) is 5.10. The standard InChI is InChI=1S/C14H21N3O/c1-11-3-4-13(15-2)14(18)17(9-11)10-12-5-7-16-8-6-12/h5-8,11,13,15H,3-4,9-10H2,1-2H3. The average Bonchev–Trinajstić information content (AvgIpc) is 2.51. The second kappa shape index (κ2) is 5.96. The molecule has 1 amide bonds. The maximum Gasteiger partial charge on any atom is 0.240 e. The van der Waals surface area contributed by atoms with E-state index in [1.54, 1.807) is 12.4 Å². The monoisotopic (exact) mass is 247 g/mol. The molecule has 0 spiro atoms. The SMILES string of the molecule is CNC1CCC(C)CN(Cc2ccncc2)C1=O. The number of carbonyl (C=O) groups is 1. The van der Waals surface area contributed by atoms with Crippen molar-refractivity contribution >= 4 is 5.91 Å². The van der Waals surface area contributed by atoms with Crippen LogP contribution in [0.1, 0.15) is 25.3 Å². The zero-order valence-electron chi connectivity index (χ0n) is 11.1. The van der Waals surface area contributed by atoms with E-state index in [9.17, 15) is 4.79 Å². The molecule has 4 nitrogen and oxygen atoms in total. The lowest BCUT2D eigenvalue weighted by atomic mass is 10.0. The molecule has 98 valence electrons. The number of hydrogen-bond donors (Lipinski definition) is 1. The quantitative estimate of drug-likeness (QED) is 0.879. The van der Waals surface area contributed by atoms with Crippen molar-refractivity contribution in [3.05, 3.63) is 30.1 Å². The third-order valence-corrected chi connectivity index (χ3v) is 3.56. The van der Waals surface area contributed by atoms with Gasteiger partial charge in [-0.3, -0.25) is 9.78 Å². The van der Waals surface area contributed by atoms with Crippen LogP contribution in [0.3, 0.4) is 0 Å². The highest BCUT2D eigenvalue weighted by molar-refractivity contribution is 5.82. The number of likely N-dealkylation sites (N-methyl/N-ethyl adjacent to an activating group) is 1. The first-order valence-corrected chi connectivity index (χ1v) is 6.55. The lowest BCUT2D eigenvalue weighted by Crippen LogP contribution is -2.43. The summed E-state index contributed by atoms with van der Waals surface area (Å²) in [5.41, 5.74) is 1.14. The summed E-state index contributed by atoms with van der Waals surface area (Å²) in [6.07, 6.45) is 5.58. The molecule has 2 unspecified atom stereocenters. The van der Waals surface area contributed by atoms with Crippen LogP contribution in [0.2, 0.25) is 0 Å². The number of nitrogens with zero attached hydrogens (tertiary/aromatic N) is 2. The molecular weight excluding hydrogens is 226 g/mol. The Labute approximate surface area is 108 Å². The van der Waals surface area contributed by atoms with Gasteiger partial charge in [-0.05, 0) is 43.5 Å². The molecule has 0 saturated carbocycles. The summed E-state index contributed by atoms with van der Waals surface area (Å²) >= 11 is 0. The molecular formula is C14H21N3O.